The molecule has 1 saturated heterocycles. The maximum absolute atomic E-state index is 13.4. The summed E-state index contributed by atoms with van der Waals surface area (Å²) in [7, 11) is 0. The van der Waals surface area contributed by atoms with Crippen LogP contribution in [0, 0.1) is 5.82 Å². The number of rotatable bonds is 2. The highest BCUT2D eigenvalue weighted by Crippen LogP contribution is 2.37. The lowest BCUT2D eigenvalue weighted by Crippen LogP contribution is -2.31. The van der Waals surface area contributed by atoms with E-state index in [4.69, 9.17) is 0 Å². The Bertz CT molecular complexity index is 694. The Morgan fingerprint density at radius 1 is 1.00 bits per heavy atom. The molecule has 3 nitrogen and oxygen atoms in total. The molecule has 1 aliphatic rings. The van der Waals surface area contributed by atoms with E-state index in [1.54, 1.807) is 4.90 Å². The molecule has 0 radical (unpaired) electrons. The van der Waals surface area contributed by atoms with Gasteiger partial charge in [-0.15, -0.1) is 0 Å². The van der Waals surface area contributed by atoms with Gasteiger partial charge in [0.05, 0.1) is 17.6 Å². The van der Waals surface area contributed by atoms with E-state index in [1.807, 2.05) is 0 Å². The van der Waals surface area contributed by atoms with Crippen molar-refractivity contribution >= 4 is 5.69 Å². The molecule has 7 heteroatoms. The third-order valence-electron chi connectivity index (χ3n) is 3.84. The monoisotopic (exact) mass is 325 g/mol. The quantitative estimate of drug-likeness (QED) is 0.771. The highest BCUT2D eigenvalue weighted by Gasteiger charge is 2.37. The molecule has 2 aromatic rings. The van der Waals surface area contributed by atoms with Crippen LogP contribution in [0.5, 0.6) is 0 Å². The fraction of sp³-hybridized carbons (Fsp3) is 0.375. The van der Waals surface area contributed by atoms with E-state index in [1.165, 1.54) is 18.3 Å². The van der Waals surface area contributed by atoms with E-state index in [0.717, 1.165) is 31.5 Å². The predicted octanol–water partition coefficient (Wildman–Crippen LogP) is 4.29. The number of pyridine rings is 2. The van der Waals surface area contributed by atoms with Crippen molar-refractivity contribution in [3.05, 3.63) is 42.1 Å². The van der Waals surface area contributed by atoms with Crippen molar-refractivity contribution in [3.8, 4) is 11.3 Å². The van der Waals surface area contributed by atoms with Gasteiger partial charge in [0, 0.05) is 24.8 Å². The zero-order valence-corrected chi connectivity index (χ0v) is 12.3. The lowest BCUT2D eigenvalue weighted by atomic mass is 10.1. The zero-order chi connectivity index (χ0) is 16.4. The highest BCUT2D eigenvalue weighted by molar-refractivity contribution is 5.63. The minimum Gasteiger partial charge on any atom is -0.370 e. The predicted molar refractivity (Wildman–Crippen MR) is 78.5 cm³/mol. The standard InChI is InChI=1S/C16H15F4N3/c17-12-8-11(9-21-10-12)13-4-5-14(15(22-13)16(18,19)20)23-6-2-1-3-7-23/h4-5,8-10H,1-3,6-7H2. The molecule has 23 heavy (non-hydrogen) atoms. The number of aromatic nitrogens is 2. The first-order valence-corrected chi connectivity index (χ1v) is 7.39. The fourth-order valence-corrected chi connectivity index (χ4v) is 2.76. The molecule has 0 aromatic carbocycles. The Hall–Kier alpha value is -2.18. The molecule has 0 atom stereocenters. The molecule has 0 aliphatic carbocycles. The van der Waals surface area contributed by atoms with Crippen LogP contribution < -0.4 is 4.90 Å². The Kier molecular flexibility index (Phi) is 4.19. The Morgan fingerprint density at radius 3 is 2.39 bits per heavy atom. The lowest BCUT2D eigenvalue weighted by Gasteiger charge is -2.30. The van der Waals surface area contributed by atoms with Crippen molar-refractivity contribution in [2.45, 2.75) is 25.4 Å². The minimum absolute atomic E-state index is 0.0603. The van der Waals surface area contributed by atoms with Gasteiger partial charge in [0.2, 0.25) is 0 Å². The lowest BCUT2D eigenvalue weighted by molar-refractivity contribution is -0.140. The summed E-state index contributed by atoms with van der Waals surface area (Å²) < 4.78 is 53.4. The molecule has 0 bridgehead atoms. The zero-order valence-electron chi connectivity index (χ0n) is 12.3. The van der Waals surface area contributed by atoms with Gasteiger partial charge in [0.15, 0.2) is 5.69 Å². The summed E-state index contributed by atoms with van der Waals surface area (Å²) in [5.74, 6) is -0.613. The van der Waals surface area contributed by atoms with E-state index >= 15 is 0 Å². The SMILES string of the molecule is Fc1cncc(-c2ccc(N3CCCCC3)c(C(F)(F)F)n2)c1. The van der Waals surface area contributed by atoms with Crippen molar-refractivity contribution in [1.29, 1.82) is 0 Å². The van der Waals surface area contributed by atoms with Gasteiger partial charge < -0.3 is 4.90 Å². The maximum atomic E-state index is 13.4. The van der Waals surface area contributed by atoms with Gasteiger partial charge in [-0.3, -0.25) is 4.98 Å². The summed E-state index contributed by atoms with van der Waals surface area (Å²) in [5.41, 5.74) is -0.558. The van der Waals surface area contributed by atoms with Crippen LogP contribution in [0.15, 0.2) is 30.6 Å². The number of hydrogen-bond acceptors (Lipinski definition) is 3. The Balaban J connectivity index is 2.05. The molecule has 0 saturated carbocycles. The van der Waals surface area contributed by atoms with Crippen LogP contribution in [0.4, 0.5) is 23.2 Å². The highest BCUT2D eigenvalue weighted by atomic mass is 19.4. The van der Waals surface area contributed by atoms with Crippen LogP contribution in [-0.2, 0) is 6.18 Å². The van der Waals surface area contributed by atoms with Crippen LogP contribution in [-0.4, -0.2) is 23.1 Å². The Labute approximate surface area is 131 Å². The molecular formula is C16H15F4N3. The average Bonchev–Trinajstić information content (AvgIpc) is 2.54. The number of nitrogens with zero attached hydrogens (tertiary/aromatic N) is 3. The third-order valence-corrected chi connectivity index (χ3v) is 3.84. The number of anilines is 1. The van der Waals surface area contributed by atoms with Gasteiger partial charge >= 0.3 is 6.18 Å². The summed E-state index contributed by atoms with van der Waals surface area (Å²) in [6.45, 7) is 1.18. The molecule has 122 valence electrons. The maximum Gasteiger partial charge on any atom is 0.435 e. The van der Waals surface area contributed by atoms with E-state index in [-0.39, 0.29) is 16.9 Å². The first-order chi connectivity index (χ1) is 10.9. The van der Waals surface area contributed by atoms with E-state index in [9.17, 15) is 17.6 Å². The van der Waals surface area contributed by atoms with Gasteiger partial charge in [-0.05, 0) is 37.5 Å². The molecule has 2 aromatic heterocycles. The molecule has 0 N–H and O–H groups in total. The van der Waals surface area contributed by atoms with Crippen LogP contribution in [0.25, 0.3) is 11.3 Å². The first kappa shape index (κ1) is 15.7. The summed E-state index contributed by atoms with van der Waals surface area (Å²) in [6, 6.07) is 4.02. The third kappa shape index (κ3) is 3.43. The van der Waals surface area contributed by atoms with Crippen LogP contribution in [0.3, 0.4) is 0 Å². The topological polar surface area (TPSA) is 29.0 Å². The smallest absolute Gasteiger partial charge is 0.370 e. The molecule has 1 aliphatic heterocycles. The summed E-state index contributed by atoms with van der Waals surface area (Å²) in [5, 5.41) is 0. The molecule has 3 rings (SSSR count). The van der Waals surface area contributed by atoms with Gasteiger partial charge in [0.25, 0.3) is 0 Å². The summed E-state index contributed by atoms with van der Waals surface area (Å²) >= 11 is 0. The first-order valence-electron chi connectivity index (χ1n) is 7.39. The minimum atomic E-state index is -4.57. The summed E-state index contributed by atoms with van der Waals surface area (Å²) in [6.07, 6.45) is 0.490. The number of piperidine rings is 1. The molecule has 3 heterocycles. The van der Waals surface area contributed by atoms with E-state index in [0.29, 0.717) is 13.1 Å². The second-order valence-corrected chi connectivity index (χ2v) is 5.50. The van der Waals surface area contributed by atoms with E-state index in [2.05, 4.69) is 9.97 Å². The number of alkyl halides is 3. The molecular weight excluding hydrogens is 310 g/mol. The normalized spacial score (nSPS) is 15.7. The van der Waals surface area contributed by atoms with Crippen molar-refractivity contribution in [1.82, 2.24) is 9.97 Å². The number of hydrogen-bond donors (Lipinski definition) is 0. The van der Waals surface area contributed by atoms with Gasteiger partial charge in [-0.1, -0.05) is 0 Å². The van der Waals surface area contributed by atoms with Crippen molar-refractivity contribution in [2.75, 3.05) is 18.0 Å². The largest absolute Gasteiger partial charge is 0.435 e. The fourth-order valence-electron chi connectivity index (χ4n) is 2.76. The molecule has 0 unspecified atom stereocenters. The average molecular weight is 325 g/mol. The van der Waals surface area contributed by atoms with E-state index < -0.39 is 17.7 Å². The second-order valence-electron chi connectivity index (χ2n) is 5.50. The molecule has 1 fully saturated rings. The van der Waals surface area contributed by atoms with Gasteiger partial charge in [-0.2, -0.15) is 13.2 Å². The summed E-state index contributed by atoms with van der Waals surface area (Å²) in [4.78, 5) is 9.13. The molecule has 0 amide bonds. The van der Waals surface area contributed by atoms with Gasteiger partial charge in [-0.25, -0.2) is 9.37 Å². The Morgan fingerprint density at radius 2 is 1.74 bits per heavy atom. The second kappa shape index (κ2) is 6.14. The van der Waals surface area contributed by atoms with Crippen LogP contribution >= 0.6 is 0 Å². The number of halogens is 4. The van der Waals surface area contributed by atoms with Crippen LogP contribution in [0.2, 0.25) is 0 Å². The molecule has 0 spiro atoms. The van der Waals surface area contributed by atoms with Crippen molar-refractivity contribution in [2.24, 2.45) is 0 Å². The van der Waals surface area contributed by atoms with Gasteiger partial charge in [0.1, 0.15) is 5.82 Å². The van der Waals surface area contributed by atoms with Crippen LogP contribution in [0.1, 0.15) is 25.0 Å². The van der Waals surface area contributed by atoms with Crippen molar-refractivity contribution < 1.29 is 17.6 Å². The van der Waals surface area contributed by atoms with Crippen molar-refractivity contribution in [3.63, 3.8) is 0 Å².